The Hall–Kier alpha value is -0.0400. The van der Waals surface area contributed by atoms with Crippen LogP contribution in [0.15, 0.2) is 0 Å². The Bertz CT molecular complexity index is 81.4. The van der Waals surface area contributed by atoms with Gasteiger partial charge in [-0.25, -0.2) is 0 Å². The predicted octanol–water partition coefficient (Wildman–Crippen LogP) is 3.24. The lowest BCUT2D eigenvalue weighted by Gasteiger charge is -2.17. The zero-order valence-electron chi connectivity index (χ0n) is 8.44. The minimum atomic E-state index is 0.423. The zero-order valence-corrected chi connectivity index (χ0v) is 8.44. The Morgan fingerprint density at radius 3 is 2.18 bits per heavy atom. The van der Waals surface area contributed by atoms with Crippen LogP contribution in [-0.2, 0) is 4.74 Å². The molecule has 0 bridgehead atoms. The maximum absolute atomic E-state index is 5.45. The van der Waals surface area contributed by atoms with Crippen molar-refractivity contribution in [3.8, 4) is 0 Å². The largest absolute Gasteiger partial charge is 0.381 e. The van der Waals surface area contributed by atoms with Crippen molar-refractivity contribution in [3.05, 3.63) is 0 Å². The summed E-state index contributed by atoms with van der Waals surface area (Å²) < 4.78 is 5.45. The predicted molar refractivity (Wildman–Crippen MR) is 49.8 cm³/mol. The fraction of sp³-hybridized carbons (Fsp3) is 1.00. The topological polar surface area (TPSA) is 9.23 Å². The van der Waals surface area contributed by atoms with Gasteiger partial charge in [0.25, 0.3) is 0 Å². The van der Waals surface area contributed by atoms with Gasteiger partial charge in [0.15, 0.2) is 0 Å². The fourth-order valence-corrected chi connectivity index (χ4v) is 0.727. The molecule has 0 heterocycles. The van der Waals surface area contributed by atoms with E-state index >= 15 is 0 Å². The summed E-state index contributed by atoms with van der Waals surface area (Å²) in [5, 5.41) is 0. The highest BCUT2D eigenvalue weighted by Crippen LogP contribution is 2.17. The standard InChI is InChI=1S/C10H22O/c1-5-6-8-11-9-7-10(2,3)4/h5-9H2,1-4H3. The first-order valence-corrected chi connectivity index (χ1v) is 4.64. The average Bonchev–Trinajstić information content (AvgIpc) is 1.85. The maximum atomic E-state index is 5.45. The van der Waals surface area contributed by atoms with Crippen molar-refractivity contribution in [3.63, 3.8) is 0 Å². The van der Waals surface area contributed by atoms with E-state index in [1.807, 2.05) is 0 Å². The SMILES string of the molecule is CCCCOCCC(C)(C)C. The van der Waals surface area contributed by atoms with E-state index in [-0.39, 0.29) is 0 Å². The molecule has 0 saturated carbocycles. The molecule has 0 spiro atoms. The molecular formula is C10H22O. The summed E-state index contributed by atoms with van der Waals surface area (Å²) in [5.74, 6) is 0. The van der Waals surface area contributed by atoms with Gasteiger partial charge in [-0.3, -0.25) is 0 Å². The van der Waals surface area contributed by atoms with Gasteiger partial charge in [0.05, 0.1) is 0 Å². The molecule has 0 N–H and O–H groups in total. The van der Waals surface area contributed by atoms with Crippen LogP contribution in [0, 0.1) is 5.41 Å². The minimum Gasteiger partial charge on any atom is -0.381 e. The van der Waals surface area contributed by atoms with Gasteiger partial charge in [-0.2, -0.15) is 0 Å². The molecule has 0 radical (unpaired) electrons. The van der Waals surface area contributed by atoms with Crippen molar-refractivity contribution < 1.29 is 4.74 Å². The third-order valence-corrected chi connectivity index (χ3v) is 1.64. The number of hydrogen-bond acceptors (Lipinski definition) is 1. The highest BCUT2D eigenvalue weighted by atomic mass is 16.5. The Labute approximate surface area is 71.1 Å². The Balaban J connectivity index is 3.02. The number of rotatable bonds is 5. The highest BCUT2D eigenvalue weighted by Gasteiger charge is 2.08. The molecule has 0 unspecified atom stereocenters. The van der Waals surface area contributed by atoms with Crippen LogP contribution in [-0.4, -0.2) is 13.2 Å². The summed E-state index contributed by atoms with van der Waals surface area (Å²) >= 11 is 0. The second-order valence-corrected chi connectivity index (χ2v) is 4.28. The molecule has 0 aliphatic heterocycles. The summed E-state index contributed by atoms with van der Waals surface area (Å²) in [5.41, 5.74) is 0.423. The van der Waals surface area contributed by atoms with Crippen LogP contribution in [0.5, 0.6) is 0 Å². The van der Waals surface area contributed by atoms with Crippen LogP contribution in [0.1, 0.15) is 47.0 Å². The molecule has 68 valence electrons. The average molecular weight is 158 g/mol. The van der Waals surface area contributed by atoms with Gasteiger partial charge in [0.1, 0.15) is 0 Å². The lowest BCUT2D eigenvalue weighted by Crippen LogP contribution is -2.09. The molecule has 0 aromatic rings. The first-order valence-electron chi connectivity index (χ1n) is 4.64. The van der Waals surface area contributed by atoms with Crippen molar-refractivity contribution >= 4 is 0 Å². The van der Waals surface area contributed by atoms with E-state index < -0.39 is 0 Å². The second-order valence-electron chi connectivity index (χ2n) is 4.28. The Morgan fingerprint density at radius 1 is 1.09 bits per heavy atom. The van der Waals surface area contributed by atoms with Gasteiger partial charge in [0, 0.05) is 13.2 Å². The van der Waals surface area contributed by atoms with Crippen molar-refractivity contribution in [1.82, 2.24) is 0 Å². The van der Waals surface area contributed by atoms with Crippen molar-refractivity contribution in [1.29, 1.82) is 0 Å². The maximum Gasteiger partial charge on any atom is 0.0471 e. The number of ether oxygens (including phenoxy) is 1. The smallest absolute Gasteiger partial charge is 0.0471 e. The van der Waals surface area contributed by atoms with E-state index in [2.05, 4.69) is 27.7 Å². The first kappa shape index (κ1) is 11.0. The van der Waals surface area contributed by atoms with Crippen LogP contribution >= 0.6 is 0 Å². The van der Waals surface area contributed by atoms with Crippen molar-refractivity contribution in [2.24, 2.45) is 5.41 Å². The molecule has 0 saturated heterocycles. The van der Waals surface area contributed by atoms with E-state index in [1.54, 1.807) is 0 Å². The molecule has 0 aromatic heterocycles. The molecule has 0 fully saturated rings. The van der Waals surface area contributed by atoms with Crippen LogP contribution < -0.4 is 0 Å². The van der Waals surface area contributed by atoms with Crippen molar-refractivity contribution in [2.75, 3.05) is 13.2 Å². The van der Waals surface area contributed by atoms with Gasteiger partial charge in [-0.15, -0.1) is 0 Å². The van der Waals surface area contributed by atoms with E-state index in [1.165, 1.54) is 12.8 Å². The van der Waals surface area contributed by atoms with Crippen molar-refractivity contribution in [2.45, 2.75) is 47.0 Å². The van der Waals surface area contributed by atoms with Crippen LogP contribution in [0.4, 0.5) is 0 Å². The zero-order chi connectivity index (χ0) is 8.74. The van der Waals surface area contributed by atoms with Gasteiger partial charge in [-0.05, 0) is 18.3 Å². The van der Waals surface area contributed by atoms with Crippen LogP contribution in [0.25, 0.3) is 0 Å². The van der Waals surface area contributed by atoms with Gasteiger partial charge >= 0.3 is 0 Å². The fourth-order valence-electron chi connectivity index (χ4n) is 0.727. The molecule has 0 aliphatic rings. The third-order valence-electron chi connectivity index (χ3n) is 1.64. The van der Waals surface area contributed by atoms with E-state index in [4.69, 9.17) is 4.74 Å². The molecule has 0 amide bonds. The molecule has 0 aromatic carbocycles. The normalized spacial score (nSPS) is 12.0. The summed E-state index contributed by atoms with van der Waals surface area (Å²) in [6.07, 6.45) is 3.59. The van der Waals surface area contributed by atoms with Crippen LogP contribution in [0.3, 0.4) is 0 Å². The summed E-state index contributed by atoms with van der Waals surface area (Å²) in [7, 11) is 0. The number of unbranched alkanes of at least 4 members (excludes halogenated alkanes) is 1. The second kappa shape index (κ2) is 5.59. The molecule has 0 atom stereocenters. The Kier molecular flexibility index (Phi) is 5.57. The summed E-state index contributed by atoms with van der Waals surface area (Å²) in [4.78, 5) is 0. The quantitative estimate of drug-likeness (QED) is 0.558. The monoisotopic (exact) mass is 158 g/mol. The Morgan fingerprint density at radius 2 is 1.73 bits per heavy atom. The summed E-state index contributed by atoms with van der Waals surface area (Å²) in [6, 6.07) is 0. The lowest BCUT2D eigenvalue weighted by molar-refractivity contribution is 0.106. The third kappa shape index (κ3) is 9.96. The van der Waals surface area contributed by atoms with Gasteiger partial charge in [0.2, 0.25) is 0 Å². The van der Waals surface area contributed by atoms with Gasteiger partial charge < -0.3 is 4.74 Å². The molecule has 0 aliphatic carbocycles. The molecule has 1 heteroatoms. The van der Waals surface area contributed by atoms with E-state index in [9.17, 15) is 0 Å². The molecule has 1 nitrogen and oxygen atoms in total. The van der Waals surface area contributed by atoms with E-state index in [0.717, 1.165) is 19.6 Å². The molecule has 0 rings (SSSR count). The first-order chi connectivity index (χ1) is 5.06. The number of hydrogen-bond donors (Lipinski definition) is 0. The van der Waals surface area contributed by atoms with Crippen LogP contribution in [0.2, 0.25) is 0 Å². The molecular weight excluding hydrogens is 136 g/mol. The highest BCUT2D eigenvalue weighted by molar-refractivity contribution is 4.59. The molecule has 11 heavy (non-hydrogen) atoms. The summed E-state index contributed by atoms with van der Waals surface area (Å²) in [6.45, 7) is 10.8. The lowest BCUT2D eigenvalue weighted by atomic mass is 9.93. The van der Waals surface area contributed by atoms with Gasteiger partial charge in [-0.1, -0.05) is 34.1 Å². The minimum absolute atomic E-state index is 0.423. The van der Waals surface area contributed by atoms with E-state index in [0.29, 0.717) is 5.41 Å².